The first kappa shape index (κ1) is 26.6. The topological polar surface area (TPSA) is 82.3 Å². The second-order valence-electron chi connectivity index (χ2n) is 10.6. The van der Waals surface area contributed by atoms with Crippen LogP contribution in [0.2, 0.25) is 5.02 Å². The number of aliphatic hydroxyl groups is 1. The highest BCUT2D eigenvalue weighted by Crippen LogP contribution is 2.51. The second kappa shape index (κ2) is 10.5. The van der Waals surface area contributed by atoms with Gasteiger partial charge in [0.25, 0.3) is 0 Å². The lowest BCUT2D eigenvalue weighted by Gasteiger charge is -2.57. The number of hydrogen-bond donors (Lipinski definition) is 2. The molecule has 0 unspecified atom stereocenters. The summed E-state index contributed by atoms with van der Waals surface area (Å²) in [5.74, 6) is 1.82. The van der Waals surface area contributed by atoms with Crippen molar-refractivity contribution in [2.75, 3.05) is 24.6 Å². The number of aliphatic hydroxyl groups excluding tert-OH is 1. The van der Waals surface area contributed by atoms with Gasteiger partial charge >= 0.3 is 0 Å². The Balaban J connectivity index is 1.75. The Morgan fingerprint density at radius 2 is 1.97 bits per heavy atom. The Bertz CT molecular complexity index is 1180. The lowest BCUT2D eigenvalue weighted by molar-refractivity contribution is 0.000379. The number of ether oxygens (including phenoxy) is 1. The molecule has 1 saturated heterocycles. The summed E-state index contributed by atoms with van der Waals surface area (Å²) in [4.78, 5) is 12.0. The summed E-state index contributed by atoms with van der Waals surface area (Å²) in [7, 11) is 0. The van der Waals surface area contributed by atoms with E-state index in [1.165, 1.54) is 0 Å². The molecule has 2 heterocycles. The molecule has 0 amide bonds. The summed E-state index contributed by atoms with van der Waals surface area (Å²) in [5.41, 5.74) is 4.50. The van der Waals surface area contributed by atoms with Gasteiger partial charge in [-0.15, -0.1) is 0 Å². The van der Waals surface area contributed by atoms with E-state index in [1.54, 1.807) is 25.1 Å². The first-order chi connectivity index (χ1) is 17.0. The van der Waals surface area contributed by atoms with E-state index in [9.17, 15) is 9.50 Å². The van der Waals surface area contributed by atoms with E-state index in [1.807, 2.05) is 27.7 Å². The molecular formula is C28H36ClFN4O2. The summed E-state index contributed by atoms with van der Waals surface area (Å²) >= 11 is 6.62. The highest BCUT2D eigenvalue weighted by Gasteiger charge is 2.53. The number of aromatic nitrogens is 2. The van der Waals surface area contributed by atoms with E-state index < -0.39 is 12.3 Å². The van der Waals surface area contributed by atoms with Crippen LogP contribution in [0.15, 0.2) is 23.8 Å². The fourth-order valence-corrected chi connectivity index (χ4v) is 5.59. The minimum atomic E-state index is -0.694. The third kappa shape index (κ3) is 5.28. The highest BCUT2D eigenvalue weighted by molar-refractivity contribution is 6.33. The molecule has 1 atom stereocenters. The first-order valence-corrected chi connectivity index (χ1v) is 13.0. The maximum absolute atomic E-state index is 13.6. The molecular weight excluding hydrogens is 479 g/mol. The van der Waals surface area contributed by atoms with Gasteiger partial charge in [0.05, 0.1) is 16.8 Å². The fourth-order valence-electron chi connectivity index (χ4n) is 5.39. The van der Waals surface area contributed by atoms with Crippen molar-refractivity contribution in [3.05, 3.63) is 40.1 Å². The number of alkyl halides is 1. The van der Waals surface area contributed by atoms with Crippen molar-refractivity contribution >= 4 is 28.7 Å². The van der Waals surface area contributed by atoms with Gasteiger partial charge in [-0.25, -0.2) is 14.4 Å². The predicted octanol–water partition coefficient (Wildman–Crippen LogP) is 6.42. The van der Waals surface area contributed by atoms with E-state index in [4.69, 9.17) is 31.7 Å². The second-order valence-corrected chi connectivity index (χ2v) is 11.0. The number of anilines is 1. The van der Waals surface area contributed by atoms with E-state index in [-0.39, 0.29) is 12.0 Å². The number of allylic oxidation sites excluding steroid dienone is 2. The lowest BCUT2D eigenvalue weighted by atomic mass is 9.62. The van der Waals surface area contributed by atoms with Crippen molar-refractivity contribution in [3.8, 4) is 17.1 Å². The van der Waals surface area contributed by atoms with Gasteiger partial charge in [-0.05, 0) is 65.2 Å². The summed E-state index contributed by atoms with van der Waals surface area (Å²) < 4.78 is 19.4. The van der Waals surface area contributed by atoms with E-state index in [0.717, 1.165) is 42.0 Å². The van der Waals surface area contributed by atoms with Gasteiger partial charge in [0.1, 0.15) is 24.3 Å². The highest BCUT2D eigenvalue weighted by atomic mass is 35.5. The van der Waals surface area contributed by atoms with Crippen LogP contribution in [0.1, 0.15) is 64.6 Å². The molecule has 1 aliphatic carbocycles. The molecule has 36 heavy (non-hydrogen) atoms. The van der Waals surface area contributed by atoms with Crippen LogP contribution in [0.5, 0.6) is 5.75 Å². The molecule has 2 N–H and O–H groups in total. The molecule has 2 aliphatic rings. The Hall–Kier alpha value is -2.51. The van der Waals surface area contributed by atoms with E-state index >= 15 is 0 Å². The minimum Gasteiger partial charge on any atom is -0.491 e. The predicted molar refractivity (Wildman–Crippen MR) is 144 cm³/mol. The van der Waals surface area contributed by atoms with Crippen molar-refractivity contribution in [3.63, 3.8) is 0 Å². The van der Waals surface area contributed by atoms with E-state index in [2.05, 4.69) is 4.90 Å². The number of benzene rings is 1. The molecule has 1 saturated carbocycles. The molecule has 4 rings (SSSR count). The number of halogens is 2. The number of nitrogens with zero attached hydrogens (tertiary/aromatic N) is 3. The average Bonchev–Trinajstić information content (AvgIpc) is 2.76. The van der Waals surface area contributed by atoms with Crippen molar-refractivity contribution < 1.29 is 14.2 Å². The zero-order valence-electron chi connectivity index (χ0n) is 21.8. The van der Waals surface area contributed by atoms with Gasteiger partial charge < -0.3 is 20.2 Å². The molecule has 1 aromatic heterocycles. The number of nitrogens with one attached hydrogen (secondary N) is 1. The zero-order valence-corrected chi connectivity index (χ0v) is 22.5. The molecule has 2 aromatic rings. The summed E-state index contributed by atoms with van der Waals surface area (Å²) in [5, 5.41) is 19.0. The van der Waals surface area contributed by atoms with E-state index in [0.29, 0.717) is 52.8 Å². The van der Waals surface area contributed by atoms with Crippen molar-refractivity contribution in [1.29, 1.82) is 5.41 Å². The fraction of sp³-hybridized carbons (Fsp3) is 0.536. The standard InChI is InChI=1S/C28H36ClFN4O2/c1-6-7-20(35)13-36-21-8-9-23(29)22(10-21)26-32-25(24(16(2)3)18(5)31)17(4)27(33-26)34-14-28(15-34)11-19(30)12-28/h8-10,19-20,31,35H,6-7,11-15H2,1-5H3/t20-/m1/s1. The Kier molecular flexibility index (Phi) is 7.72. The van der Waals surface area contributed by atoms with Crippen molar-refractivity contribution in [2.45, 2.75) is 72.6 Å². The molecule has 194 valence electrons. The van der Waals surface area contributed by atoms with Crippen molar-refractivity contribution in [1.82, 2.24) is 9.97 Å². The van der Waals surface area contributed by atoms with Crippen LogP contribution >= 0.6 is 11.6 Å². The largest absolute Gasteiger partial charge is 0.491 e. The molecule has 1 spiro atoms. The third-order valence-electron chi connectivity index (χ3n) is 7.14. The maximum atomic E-state index is 13.6. The van der Waals surface area contributed by atoms with Gasteiger partial charge in [-0.3, -0.25) is 0 Å². The van der Waals surface area contributed by atoms with Gasteiger partial charge in [0.15, 0.2) is 5.82 Å². The van der Waals surface area contributed by atoms with Gasteiger partial charge in [-0.1, -0.05) is 30.5 Å². The van der Waals surface area contributed by atoms with Crippen LogP contribution in [0.25, 0.3) is 17.0 Å². The van der Waals surface area contributed by atoms with Crippen LogP contribution in [0.4, 0.5) is 10.2 Å². The molecule has 6 nitrogen and oxygen atoms in total. The Morgan fingerprint density at radius 1 is 1.28 bits per heavy atom. The molecule has 0 radical (unpaired) electrons. The smallest absolute Gasteiger partial charge is 0.163 e. The van der Waals surface area contributed by atoms with Gasteiger partial charge in [-0.2, -0.15) is 0 Å². The van der Waals surface area contributed by atoms with Crippen LogP contribution in [0.3, 0.4) is 0 Å². The lowest BCUT2D eigenvalue weighted by Crippen LogP contribution is -2.63. The summed E-state index contributed by atoms with van der Waals surface area (Å²) in [6.45, 7) is 11.5. The van der Waals surface area contributed by atoms with Crippen LogP contribution in [0, 0.1) is 17.7 Å². The number of hydrogen-bond acceptors (Lipinski definition) is 6. The Labute approximate surface area is 218 Å². The molecule has 1 aliphatic heterocycles. The molecule has 2 fully saturated rings. The van der Waals surface area contributed by atoms with Crippen LogP contribution in [-0.2, 0) is 0 Å². The third-order valence-corrected chi connectivity index (χ3v) is 7.47. The SMILES string of the molecule is CCC[C@@H](O)COc1ccc(Cl)c(-c2nc(C(C(C)=N)=C(C)C)c(C)c(N3CC4(CC(F)C4)C3)n2)c1. The molecule has 1 aromatic carbocycles. The summed E-state index contributed by atoms with van der Waals surface area (Å²) in [6.07, 6.45) is 1.54. The monoisotopic (exact) mass is 514 g/mol. The molecule has 8 heteroatoms. The van der Waals surface area contributed by atoms with Crippen LogP contribution < -0.4 is 9.64 Å². The number of rotatable bonds is 9. The normalized spacial score (nSPS) is 17.4. The zero-order chi connectivity index (χ0) is 26.2. The van der Waals surface area contributed by atoms with Gasteiger partial charge in [0, 0.05) is 40.9 Å². The maximum Gasteiger partial charge on any atom is 0.163 e. The Morgan fingerprint density at radius 3 is 2.56 bits per heavy atom. The quantitative estimate of drug-likeness (QED) is 0.377. The summed E-state index contributed by atoms with van der Waals surface area (Å²) in [6, 6.07) is 5.32. The van der Waals surface area contributed by atoms with Crippen LogP contribution in [-0.4, -0.2) is 52.8 Å². The first-order valence-electron chi connectivity index (χ1n) is 12.7. The molecule has 0 bridgehead atoms. The van der Waals surface area contributed by atoms with Crippen molar-refractivity contribution in [2.24, 2.45) is 5.41 Å². The average molecular weight is 515 g/mol. The minimum absolute atomic E-state index is 0.0542. The van der Waals surface area contributed by atoms with Gasteiger partial charge in [0.2, 0.25) is 0 Å².